The van der Waals surface area contributed by atoms with Crippen molar-refractivity contribution in [1.29, 1.82) is 0 Å². The summed E-state index contributed by atoms with van der Waals surface area (Å²) >= 11 is 0. The quantitative estimate of drug-likeness (QED) is 0.427. The van der Waals surface area contributed by atoms with Crippen molar-refractivity contribution in [3.05, 3.63) is 63.6 Å². The van der Waals surface area contributed by atoms with Crippen LogP contribution >= 0.6 is 0 Å². The van der Waals surface area contributed by atoms with E-state index in [1.54, 1.807) is 19.1 Å². The van der Waals surface area contributed by atoms with Gasteiger partial charge in [0, 0.05) is 17.7 Å². The number of nitrogens with zero attached hydrogens (tertiary/aromatic N) is 2. The average Bonchev–Trinajstić information content (AvgIpc) is 3.28. The van der Waals surface area contributed by atoms with E-state index in [0.29, 0.717) is 17.7 Å². The minimum absolute atomic E-state index is 0.0263. The molecule has 0 spiro atoms. The van der Waals surface area contributed by atoms with Gasteiger partial charge in [-0.3, -0.25) is 14.9 Å². The second-order valence-corrected chi connectivity index (χ2v) is 6.06. The maximum absolute atomic E-state index is 12.3. The lowest BCUT2D eigenvalue weighted by Crippen LogP contribution is -2.41. The summed E-state index contributed by atoms with van der Waals surface area (Å²) < 4.78 is 5.57. The van der Waals surface area contributed by atoms with Crippen LogP contribution in [0.1, 0.15) is 36.5 Å². The number of benzene rings is 1. The molecule has 2 heterocycles. The molecular formula is C17H19N5O4. The van der Waals surface area contributed by atoms with Gasteiger partial charge in [-0.2, -0.15) is 5.10 Å². The van der Waals surface area contributed by atoms with Crippen molar-refractivity contribution in [3.8, 4) is 0 Å². The zero-order valence-corrected chi connectivity index (χ0v) is 14.4. The van der Waals surface area contributed by atoms with E-state index in [1.807, 2.05) is 19.1 Å². The Morgan fingerprint density at radius 2 is 2.15 bits per heavy atom. The first kappa shape index (κ1) is 17.8. The van der Waals surface area contributed by atoms with E-state index in [-0.39, 0.29) is 17.6 Å². The van der Waals surface area contributed by atoms with Crippen molar-refractivity contribution in [3.63, 3.8) is 0 Å². The van der Waals surface area contributed by atoms with Crippen LogP contribution in [-0.2, 0) is 4.79 Å². The van der Waals surface area contributed by atoms with Crippen LogP contribution in [0.3, 0.4) is 0 Å². The van der Waals surface area contributed by atoms with Gasteiger partial charge in [0.2, 0.25) is 0 Å². The number of carbonyl (C=O) groups is 1. The van der Waals surface area contributed by atoms with Gasteiger partial charge in [0.05, 0.1) is 16.7 Å². The van der Waals surface area contributed by atoms with Crippen LogP contribution < -0.4 is 16.3 Å². The lowest BCUT2D eigenvalue weighted by Gasteiger charge is -2.08. The molecule has 3 N–H and O–H groups in total. The highest BCUT2D eigenvalue weighted by Gasteiger charge is 2.31. The molecular weight excluding hydrogens is 338 g/mol. The molecule has 1 aliphatic rings. The van der Waals surface area contributed by atoms with Crippen LogP contribution in [-0.4, -0.2) is 22.6 Å². The van der Waals surface area contributed by atoms with Gasteiger partial charge in [-0.05, 0) is 32.4 Å². The van der Waals surface area contributed by atoms with Crippen LogP contribution in [0.15, 0.2) is 45.9 Å². The molecule has 9 nitrogen and oxygen atoms in total. The Bertz CT molecular complexity index is 860. The number of non-ortho nitro benzene ring substituents is 1. The summed E-state index contributed by atoms with van der Waals surface area (Å²) in [5, 5.41) is 14.9. The third-order valence-electron chi connectivity index (χ3n) is 4.13. The van der Waals surface area contributed by atoms with Crippen molar-refractivity contribution in [2.45, 2.75) is 32.4 Å². The van der Waals surface area contributed by atoms with Crippen molar-refractivity contribution in [1.82, 2.24) is 16.3 Å². The van der Waals surface area contributed by atoms with Gasteiger partial charge in [-0.15, -0.1) is 0 Å². The number of nitrogens with one attached hydrogen (secondary N) is 3. The Kier molecular flexibility index (Phi) is 5.10. The summed E-state index contributed by atoms with van der Waals surface area (Å²) in [6.45, 7) is 3.54. The number of amides is 1. The van der Waals surface area contributed by atoms with Crippen molar-refractivity contribution < 1.29 is 14.1 Å². The van der Waals surface area contributed by atoms with Crippen molar-refractivity contribution >= 4 is 17.3 Å². The van der Waals surface area contributed by atoms with Gasteiger partial charge in [-0.1, -0.05) is 12.1 Å². The predicted octanol–water partition coefficient (Wildman–Crippen LogP) is 1.94. The lowest BCUT2D eigenvalue weighted by atomic mass is 10.1. The second kappa shape index (κ2) is 7.46. The normalized spacial score (nSPS) is 20.2. The molecule has 1 aromatic heterocycles. The number of carbonyl (C=O) groups excluding carboxylic acids is 1. The monoisotopic (exact) mass is 357 g/mol. The van der Waals surface area contributed by atoms with Crippen LogP contribution in [0.2, 0.25) is 0 Å². The molecule has 1 aliphatic heterocycles. The molecule has 0 radical (unpaired) electrons. The van der Waals surface area contributed by atoms with E-state index < -0.39 is 11.0 Å². The fourth-order valence-corrected chi connectivity index (χ4v) is 2.68. The molecule has 2 atom stereocenters. The van der Waals surface area contributed by atoms with Crippen molar-refractivity contribution in [2.75, 3.05) is 0 Å². The third-order valence-corrected chi connectivity index (χ3v) is 4.13. The van der Waals surface area contributed by atoms with E-state index >= 15 is 0 Å². The standard InChI is InChI=1S/C17H19N5O4/c1-10-6-7-16(26-10)14-9-15(20-19-14)17(23)21-18-11(2)12-4-3-5-13(8-12)22(24)25/h3-8,14-15,19-20H,9H2,1-2H3,(H,21,23)/b18-11+. The molecule has 1 fully saturated rings. The first-order chi connectivity index (χ1) is 12.4. The number of rotatable bonds is 5. The molecule has 3 rings (SSSR count). The topological polar surface area (TPSA) is 122 Å². The average molecular weight is 357 g/mol. The van der Waals surface area contributed by atoms with Crippen LogP contribution in [0.4, 0.5) is 5.69 Å². The molecule has 0 bridgehead atoms. The van der Waals surface area contributed by atoms with Gasteiger partial charge in [0.25, 0.3) is 11.6 Å². The smallest absolute Gasteiger partial charge is 0.270 e. The Morgan fingerprint density at radius 3 is 2.85 bits per heavy atom. The fourth-order valence-electron chi connectivity index (χ4n) is 2.68. The highest BCUT2D eigenvalue weighted by atomic mass is 16.6. The van der Waals surface area contributed by atoms with E-state index in [1.165, 1.54) is 12.1 Å². The summed E-state index contributed by atoms with van der Waals surface area (Å²) in [6.07, 6.45) is 0.518. The highest BCUT2D eigenvalue weighted by Crippen LogP contribution is 2.24. The summed E-state index contributed by atoms with van der Waals surface area (Å²) in [7, 11) is 0. The number of hydrazone groups is 1. The number of hydrogen-bond donors (Lipinski definition) is 3. The Balaban J connectivity index is 1.60. The van der Waals surface area contributed by atoms with E-state index in [9.17, 15) is 14.9 Å². The van der Waals surface area contributed by atoms with Gasteiger partial charge in [0.15, 0.2) is 0 Å². The number of furan rings is 1. The number of nitro benzene ring substituents is 1. The fraction of sp³-hybridized carbons (Fsp3) is 0.294. The molecule has 136 valence electrons. The molecule has 0 saturated carbocycles. The zero-order valence-electron chi connectivity index (χ0n) is 14.4. The lowest BCUT2D eigenvalue weighted by molar-refractivity contribution is -0.384. The molecule has 9 heteroatoms. The second-order valence-electron chi connectivity index (χ2n) is 6.06. The summed E-state index contributed by atoms with van der Waals surface area (Å²) in [5.74, 6) is 1.28. The van der Waals surface area contributed by atoms with Crippen LogP contribution in [0, 0.1) is 17.0 Å². The van der Waals surface area contributed by atoms with E-state index in [2.05, 4.69) is 21.4 Å². The number of hydrazine groups is 1. The van der Waals surface area contributed by atoms with E-state index in [0.717, 1.165) is 11.5 Å². The highest BCUT2D eigenvalue weighted by molar-refractivity contribution is 5.99. The van der Waals surface area contributed by atoms with Crippen LogP contribution in [0.5, 0.6) is 0 Å². The zero-order chi connectivity index (χ0) is 18.7. The summed E-state index contributed by atoms with van der Waals surface area (Å²) in [4.78, 5) is 22.6. The number of nitro groups is 1. The summed E-state index contributed by atoms with van der Waals surface area (Å²) in [6, 6.07) is 9.27. The molecule has 2 unspecified atom stereocenters. The molecule has 1 aromatic carbocycles. The first-order valence-corrected chi connectivity index (χ1v) is 8.10. The molecule has 26 heavy (non-hydrogen) atoms. The molecule has 1 amide bonds. The van der Waals surface area contributed by atoms with Gasteiger partial charge in [0.1, 0.15) is 17.6 Å². The molecule has 1 saturated heterocycles. The summed E-state index contributed by atoms with van der Waals surface area (Å²) in [5.41, 5.74) is 9.47. The number of hydrogen-bond acceptors (Lipinski definition) is 7. The Morgan fingerprint density at radius 1 is 1.35 bits per heavy atom. The minimum atomic E-state index is -0.472. The van der Waals surface area contributed by atoms with Crippen LogP contribution in [0.25, 0.3) is 0 Å². The predicted molar refractivity (Wildman–Crippen MR) is 94.3 cm³/mol. The third kappa shape index (κ3) is 3.95. The molecule has 0 aliphatic carbocycles. The Hall–Kier alpha value is -3.04. The largest absolute Gasteiger partial charge is 0.465 e. The number of aryl methyl sites for hydroxylation is 1. The minimum Gasteiger partial charge on any atom is -0.465 e. The molecule has 2 aromatic rings. The van der Waals surface area contributed by atoms with Gasteiger partial charge < -0.3 is 4.42 Å². The van der Waals surface area contributed by atoms with Crippen molar-refractivity contribution in [2.24, 2.45) is 5.10 Å². The van der Waals surface area contributed by atoms with Gasteiger partial charge >= 0.3 is 0 Å². The van der Waals surface area contributed by atoms with E-state index in [4.69, 9.17) is 4.42 Å². The van der Waals surface area contributed by atoms with Gasteiger partial charge in [-0.25, -0.2) is 16.3 Å². The maximum atomic E-state index is 12.3. The Labute approximate surface area is 149 Å². The first-order valence-electron chi connectivity index (χ1n) is 8.10. The SMILES string of the molecule is C/C(=N\NC(=O)C1CC(c2ccc(C)o2)NN1)c1cccc([N+](=O)[O-])c1. The maximum Gasteiger partial charge on any atom is 0.270 e.